The third-order valence-electron chi connectivity index (χ3n) is 3.18. The van der Waals surface area contributed by atoms with Crippen molar-refractivity contribution in [1.82, 2.24) is 14.7 Å². The van der Waals surface area contributed by atoms with Crippen molar-refractivity contribution in [3.05, 3.63) is 57.6 Å². The maximum atomic E-state index is 5.97. The van der Waals surface area contributed by atoms with E-state index in [4.69, 9.17) is 11.6 Å². The van der Waals surface area contributed by atoms with Gasteiger partial charge >= 0.3 is 0 Å². The lowest BCUT2D eigenvalue weighted by molar-refractivity contribution is 0.544. The summed E-state index contributed by atoms with van der Waals surface area (Å²) in [7, 11) is 0. The first-order valence-corrected chi connectivity index (χ1v) is 7.85. The number of nitrogens with zero attached hydrogens (tertiary/aromatic N) is 2. The minimum Gasteiger partial charge on any atom is -0.308 e. The average molecular weight is 306 g/mol. The third-order valence-corrected chi connectivity index (χ3v) is 4.31. The van der Waals surface area contributed by atoms with E-state index in [1.807, 2.05) is 28.9 Å². The highest BCUT2D eigenvalue weighted by Crippen LogP contribution is 2.13. The lowest BCUT2D eigenvalue weighted by atomic mass is 10.2. The Bertz CT molecular complexity index is 690. The molecule has 0 amide bonds. The van der Waals surface area contributed by atoms with Crippen molar-refractivity contribution in [3.63, 3.8) is 0 Å². The van der Waals surface area contributed by atoms with E-state index in [0.29, 0.717) is 6.04 Å². The van der Waals surface area contributed by atoms with Gasteiger partial charge in [0.05, 0.1) is 10.7 Å². The molecule has 0 aliphatic heterocycles. The minimum atomic E-state index is 0.432. The molecule has 3 heterocycles. The second-order valence-electron chi connectivity index (χ2n) is 4.91. The zero-order valence-electron chi connectivity index (χ0n) is 11.2. The summed E-state index contributed by atoms with van der Waals surface area (Å²) in [6, 6.07) is 8.50. The predicted octanol–water partition coefficient (Wildman–Crippen LogP) is 3.77. The Balaban J connectivity index is 1.61. The van der Waals surface area contributed by atoms with Crippen molar-refractivity contribution < 1.29 is 0 Å². The number of aromatic nitrogens is 2. The van der Waals surface area contributed by atoms with Crippen molar-refractivity contribution in [3.8, 4) is 0 Å². The number of halogens is 1. The van der Waals surface area contributed by atoms with Crippen molar-refractivity contribution in [2.24, 2.45) is 0 Å². The lowest BCUT2D eigenvalue weighted by Gasteiger charge is -2.11. The van der Waals surface area contributed by atoms with Gasteiger partial charge in [0.2, 0.25) is 0 Å². The third kappa shape index (κ3) is 3.20. The van der Waals surface area contributed by atoms with Crippen LogP contribution in [0.3, 0.4) is 0 Å². The van der Waals surface area contributed by atoms with Crippen LogP contribution in [0.2, 0.25) is 5.02 Å². The molecule has 0 spiro atoms. The van der Waals surface area contributed by atoms with Crippen molar-refractivity contribution in [2.45, 2.75) is 25.9 Å². The summed E-state index contributed by atoms with van der Waals surface area (Å²) in [4.78, 5) is 5.98. The summed E-state index contributed by atoms with van der Waals surface area (Å²) in [5, 5.41) is 6.35. The van der Waals surface area contributed by atoms with Gasteiger partial charge < -0.3 is 9.72 Å². The largest absolute Gasteiger partial charge is 0.308 e. The molecule has 0 aliphatic carbocycles. The first kappa shape index (κ1) is 13.6. The first-order valence-electron chi connectivity index (χ1n) is 6.59. The SMILES string of the molecule is CC(Cc1cccs1)NCc1cn2cc(Cl)ccc2n1. The standard InChI is InChI=1S/C15H16ClN3S/c1-11(7-14-3-2-6-20-14)17-8-13-10-19-9-12(16)4-5-15(19)18-13/h2-6,9-11,17H,7-8H2,1H3. The first-order chi connectivity index (χ1) is 9.70. The van der Waals surface area contributed by atoms with Gasteiger partial charge in [0, 0.05) is 29.9 Å². The van der Waals surface area contributed by atoms with Crippen LogP contribution in [0, 0.1) is 0 Å². The van der Waals surface area contributed by atoms with E-state index in [0.717, 1.165) is 29.3 Å². The number of hydrogen-bond donors (Lipinski definition) is 1. The van der Waals surface area contributed by atoms with Crippen LogP contribution in [0.4, 0.5) is 0 Å². The van der Waals surface area contributed by atoms with E-state index in [9.17, 15) is 0 Å². The summed E-state index contributed by atoms with van der Waals surface area (Å²) < 4.78 is 1.96. The molecule has 20 heavy (non-hydrogen) atoms. The van der Waals surface area contributed by atoms with Gasteiger partial charge in [-0.2, -0.15) is 0 Å². The molecule has 104 valence electrons. The second kappa shape index (κ2) is 5.95. The highest BCUT2D eigenvalue weighted by molar-refractivity contribution is 7.09. The van der Waals surface area contributed by atoms with E-state index < -0.39 is 0 Å². The van der Waals surface area contributed by atoms with E-state index in [1.54, 1.807) is 11.3 Å². The fourth-order valence-corrected chi connectivity index (χ4v) is 3.19. The molecular formula is C15H16ClN3S. The van der Waals surface area contributed by atoms with Crippen molar-refractivity contribution in [2.75, 3.05) is 0 Å². The molecule has 0 fully saturated rings. The van der Waals surface area contributed by atoms with Crippen LogP contribution in [-0.4, -0.2) is 15.4 Å². The Kier molecular flexibility index (Phi) is 4.05. The predicted molar refractivity (Wildman–Crippen MR) is 84.5 cm³/mol. The Morgan fingerprint density at radius 3 is 3.05 bits per heavy atom. The molecule has 1 N–H and O–H groups in total. The zero-order valence-corrected chi connectivity index (χ0v) is 12.8. The Hall–Kier alpha value is -1.36. The van der Waals surface area contributed by atoms with Gasteiger partial charge in [-0.15, -0.1) is 11.3 Å². The molecule has 0 saturated heterocycles. The van der Waals surface area contributed by atoms with Crippen LogP contribution < -0.4 is 5.32 Å². The van der Waals surface area contributed by atoms with Crippen molar-refractivity contribution >= 4 is 28.6 Å². The maximum Gasteiger partial charge on any atom is 0.137 e. The van der Waals surface area contributed by atoms with Gasteiger partial charge in [-0.05, 0) is 36.9 Å². The van der Waals surface area contributed by atoms with E-state index >= 15 is 0 Å². The average Bonchev–Trinajstić information content (AvgIpc) is 3.04. The number of fused-ring (bicyclic) bond motifs is 1. The smallest absolute Gasteiger partial charge is 0.137 e. The fourth-order valence-electron chi connectivity index (χ4n) is 2.18. The minimum absolute atomic E-state index is 0.432. The molecule has 3 aromatic rings. The highest BCUT2D eigenvalue weighted by Gasteiger charge is 2.06. The molecule has 1 unspecified atom stereocenters. The number of thiophene rings is 1. The molecular weight excluding hydrogens is 290 g/mol. The fraction of sp³-hybridized carbons (Fsp3) is 0.267. The topological polar surface area (TPSA) is 29.3 Å². The number of rotatable bonds is 5. The van der Waals surface area contributed by atoms with E-state index in [1.165, 1.54) is 4.88 Å². The van der Waals surface area contributed by atoms with Crippen LogP contribution in [0.25, 0.3) is 5.65 Å². The normalized spacial score (nSPS) is 12.9. The molecule has 1 atom stereocenters. The number of pyridine rings is 1. The van der Waals surface area contributed by atoms with Gasteiger partial charge in [0.15, 0.2) is 0 Å². The molecule has 5 heteroatoms. The molecule has 0 radical (unpaired) electrons. The Morgan fingerprint density at radius 2 is 2.25 bits per heavy atom. The van der Waals surface area contributed by atoms with E-state index in [-0.39, 0.29) is 0 Å². The van der Waals surface area contributed by atoms with Crippen LogP contribution >= 0.6 is 22.9 Å². The van der Waals surface area contributed by atoms with Crippen LogP contribution in [0.5, 0.6) is 0 Å². The van der Waals surface area contributed by atoms with Gasteiger partial charge in [-0.1, -0.05) is 17.7 Å². The van der Waals surface area contributed by atoms with Crippen LogP contribution in [0.15, 0.2) is 42.0 Å². The monoisotopic (exact) mass is 305 g/mol. The molecule has 0 aromatic carbocycles. The Morgan fingerprint density at radius 1 is 1.35 bits per heavy atom. The molecule has 0 bridgehead atoms. The van der Waals surface area contributed by atoms with Gasteiger partial charge in [0.25, 0.3) is 0 Å². The second-order valence-corrected chi connectivity index (χ2v) is 6.38. The number of imidazole rings is 1. The summed E-state index contributed by atoms with van der Waals surface area (Å²) in [5.41, 5.74) is 1.96. The van der Waals surface area contributed by atoms with Gasteiger partial charge in [-0.3, -0.25) is 0 Å². The quantitative estimate of drug-likeness (QED) is 0.777. The van der Waals surface area contributed by atoms with Crippen molar-refractivity contribution in [1.29, 1.82) is 0 Å². The summed E-state index contributed by atoms with van der Waals surface area (Å²) in [5.74, 6) is 0. The molecule has 0 saturated carbocycles. The summed E-state index contributed by atoms with van der Waals surface area (Å²) in [6.07, 6.45) is 4.95. The number of hydrogen-bond acceptors (Lipinski definition) is 3. The summed E-state index contributed by atoms with van der Waals surface area (Å²) >= 11 is 7.78. The van der Waals surface area contributed by atoms with Gasteiger partial charge in [-0.25, -0.2) is 4.98 Å². The van der Waals surface area contributed by atoms with E-state index in [2.05, 4.69) is 34.7 Å². The molecule has 3 rings (SSSR count). The Labute approximate surface area is 127 Å². The van der Waals surface area contributed by atoms with Crippen LogP contribution in [0.1, 0.15) is 17.5 Å². The molecule has 0 aliphatic rings. The maximum absolute atomic E-state index is 5.97. The lowest BCUT2D eigenvalue weighted by Crippen LogP contribution is -2.27. The molecule has 3 nitrogen and oxygen atoms in total. The summed E-state index contributed by atoms with van der Waals surface area (Å²) in [6.45, 7) is 2.97. The zero-order chi connectivity index (χ0) is 13.9. The molecule has 3 aromatic heterocycles. The van der Waals surface area contributed by atoms with Crippen LogP contribution in [-0.2, 0) is 13.0 Å². The highest BCUT2D eigenvalue weighted by atomic mass is 35.5. The number of nitrogens with one attached hydrogen (secondary N) is 1. The van der Waals surface area contributed by atoms with Gasteiger partial charge in [0.1, 0.15) is 5.65 Å².